The van der Waals surface area contributed by atoms with Gasteiger partial charge in [0.25, 0.3) is 0 Å². The molecule has 0 fully saturated rings. The Morgan fingerprint density at radius 1 is 0.800 bits per heavy atom. The molecule has 0 radical (unpaired) electrons. The first-order chi connectivity index (χ1) is 11.6. The van der Waals surface area contributed by atoms with Gasteiger partial charge in [-0.3, -0.25) is 0 Å². The van der Waals surface area contributed by atoms with Gasteiger partial charge in [-0.15, -0.1) is 17.0 Å². The second kappa shape index (κ2) is 6.68. The van der Waals surface area contributed by atoms with Crippen LogP contribution in [0.15, 0.2) is 54.6 Å². The highest BCUT2D eigenvalue weighted by Crippen LogP contribution is 2.43. The molecule has 1 aliphatic heterocycles. The summed E-state index contributed by atoms with van der Waals surface area (Å²) in [6.07, 6.45) is 0.999. The van der Waals surface area contributed by atoms with E-state index in [2.05, 4.69) is 87.3 Å². The maximum Gasteiger partial charge on any atom is 0.0450 e. The number of fused-ring (bicyclic) bond motifs is 2. The smallest absolute Gasteiger partial charge is 0.0450 e. The molecule has 0 unspecified atom stereocenters. The van der Waals surface area contributed by atoms with Crippen molar-refractivity contribution in [2.75, 3.05) is 11.9 Å². The lowest BCUT2D eigenvalue weighted by atomic mass is 9.86. The molecular weight excluding hydrogens is 370 g/mol. The van der Waals surface area contributed by atoms with E-state index in [1.807, 2.05) is 0 Å². The van der Waals surface area contributed by atoms with Gasteiger partial charge in [0, 0.05) is 24.8 Å². The Bertz CT molecular complexity index is 920. The van der Waals surface area contributed by atoms with E-state index >= 15 is 0 Å². The van der Waals surface area contributed by atoms with E-state index in [-0.39, 0.29) is 17.0 Å². The average Bonchev–Trinajstić information content (AvgIpc) is 2.55. The van der Waals surface area contributed by atoms with Crippen LogP contribution in [-0.2, 0) is 6.42 Å². The third kappa shape index (κ3) is 2.89. The van der Waals surface area contributed by atoms with E-state index in [0.717, 1.165) is 6.42 Å². The number of rotatable bonds is 1. The molecule has 0 spiro atoms. The van der Waals surface area contributed by atoms with Crippen LogP contribution in [0.5, 0.6) is 0 Å². The SMILES string of the molecule is Br.Cc1cc(C)c(-c2cccc3c2Cc2ccccc2N3C)c(C)c1. The molecule has 1 nitrogen and oxygen atoms in total. The number of hydrogen-bond donors (Lipinski definition) is 0. The minimum absolute atomic E-state index is 0. The molecule has 3 aromatic rings. The van der Waals surface area contributed by atoms with Gasteiger partial charge < -0.3 is 4.90 Å². The quantitative estimate of drug-likeness (QED) is 0.454. The Labute approximate surface area is 161 Å². The van der Waals surface area contributed by atoms with Crippen LogP contribution in [0.3, 0.4) is 0 Å². The predicted octanol–water partition coefficient (Wildman–Crippen LogP) is 6.53. The largest absolute Gasteiger partial charge is 0.344 e. The summed E-state index contributed by atoms with van der Waals surface area (Å²) in [5.41, 5.74) is 12.3. The van der Waals surface area contributed by atoms with Gasteiger partial charge in [0.15, 0.2) is 0 Å². The van der Waals surface area contributed by atoms with E-state index in [9.17, 15) is 0 Å². The van der Waals surface area contributed by atoms with Gasteiger partial charge in [0.1, 0.15) is 0 Å². The summed E-state index contributed by atoms with van der Waals surface area (Å²) in [6, 6.07) is 20.0. The zero-order valence-corrected chi connectivity index (χ0v) is 17.0. The minimum Gasteiger partial charge on any atom is -0.344 e. The van der Waals surface area contributed by atoms with Crippen molar-refractivity contribution >= 4 is 28.4 Å². The van der Waals surface area contributed by atoms with Crippen LogP contribution in [0.25, 0.3) is 11.1 Å². The molecule has 0 N–H and O–H groups in total. The fourth-order valence-corrected chi connectivity index (χ4v) is 4.22. The maximum absolute atomic E-state index is 2.33. The van der Waals surface area contributed by atoms with Crippen LogP contribution >= 0.6 is 17.0 Å². The second-order valence-corrected chi connectivity index (χ2v) is 6.94. The maximum atomic E-state index is 2.33. The Morgan fingerprint density at radius 3 is 2.16 bits per heavy atom. The number of aryl methyl sites for hydroxylation is 3. The highest BCUT2D eigenvalue weighted by molar-refractivity contribution is 8.93. The molecule has 0 amide bonds. The minimum atomic E-state index is 0. The molecule has 0 atom stereocenters. The molecule has 0 aromatic heterocycles. The number of hydrogen-bond acceptors (Lipinski definition) is 1. The van der Waals surface area contributed by atoms with Gasteiger partial charge in [-0.25, -0.2) is 0 Å². The van der Waals surface area contributed by atoms with E-state index < -0.39 is 0 Å². The van der Waals surface area contributed by atoms with Gasteiger partial charge >= 0.3 is 0 Å². The van der Waals surface area contributed by atoms with Crippen molar-refractivity contribution < 1.29 is 0 Å². The average molecular weight is 394 g/mol. The summed E-state index contributed by atoms with van der Waals surface area (Å²) in [7, 11) is 2.18. The zero-order valence-electron chi connectivity index (χ0n) is 15.3. The van der Waals surface area contributed by atoms with E-state index in [1.165, 1.54) is 50.3 Å². The Balaban J connectivity index is 0.00000182. The third-order valence-corrected chi connectivity index (χ3v) is 5.18. The normalized spacial score (nSPS) is 12.2. The molecule has 0 bridgehead atoms. The molecule has 1 heterocycles. The van der Waals surface area contributed by atoms with Gasteiger partial charge in [-0.1, -0.05) is 48.0 Å². The van der Waals surface area contributed by atoms with Crippen molar-refractivity contribution in [3.05, 3.63) is 82.4 Å². The lowest BCUT2D eigenvalue weighted by molar-refractivity contribution is 1.06. The topological polar surface area (TPSA) is 3.24 Å². The molecule has 3 aromatic carbocycles. The monoisotopic (exact) mass is 393 g/mol. The molecule has 1 aliphatic rings. The van der Waals surface area contributed by atoms with E-state index in [4.69, 9.17) is 0 Å². The van der Waals surface area contributed by atoms with E-state index in [0.29, 0.717) is 0 Å². The fraction of sp³-hybridized carbons (Fsp3) is 0.217. The highest BCUT2D eigenvalue weighted by Gasteiger charge is 2.23. The summed E-state index contributed by atoms with van der Waals surface area (Å²) in [6.45, 7) is 6.64. The molecule has 0 aliphatic carbocycles. The number of nitrogens with zero attached hydrogens (tertiary/aromatic N) is 1. The molecule has 2 heteroatoms. The molecule has 128 valence electrons. The summed E-state index contributed by atoms with van der Waals surface area (Å²) in [4.78, 5) is 2.33. The van der Waals surface area contributed by atoms with E-state index in [1.54, 1.807) is 0 Å². The third-order valence-electron chi connectivity index (χ3n) is 5.18. The first-order valence-electron chi connectivity index (χ1n) is 8.58. The van der Waals surface area contributed by atoms with Crippen LogP contribution in [-0.4, -0.2) is 7.05 Å². The summed E-state index contributed by atoms with van der Waals surface area (Å²) in [5.74, 6) is 0. The number of anilines is 2. The van der Waals surface area contributed by atoms with Gasteiger partial charge in [0.05, 0.1) is 0 Å². The Hall–Kier alpha value is -2.06. The highest BCUT2D eigenvalue weighted by atomic mass is 79.9. The van der Waals surface area contributed by atoms with Crippen LogP contribution in [0.1, 0.15) is 27.8 Å². The van der Waals surface area contributed by atoms with Crippen LogP contribution < -0.4 is 4.90 Å². The number of para-hydroxylation sites is 1. The van der Waals surface area contributed by atoms with Crippen molar-refractivity contribution in [1.82, 2.24) is 0 Å². The lowest BCUT2D eigenvalue weighted by Gasteiger charge is -2.32. The zero-order chi connectivity index (χ0) is 16.8. The van der Waals surface area contributed by atoms with Crippen molar-refractivity contribution in [3.8, 4) is 11.1 Å². The van der Waals surface area contributed by atoms with Gasteiger partial charge in [-0.2, -0.15) is 0 Å². The van der Waals surface area contributed by atoms with Crippen LogP contribution in [0.4, 0.5) is 11.4 Å². The number of halogens is 1. The van der Waals surface area contributed by atoms with Crippen molar-refractivity contribution in [2.45, 2.75) is 27.2 Å². The Morgan fingerprint density at radius 2 is 1.44 bits per heavy atom. The first kappa shape index (κ1) is 17.8. The second-order valence-electron chi connectivity index (χ2n) is 6.94. The van der Waals surface area contributed by atoms with Crippen molar-refractivity contribution in [3.63, 3.8) is 0 Å². The molecule has 0 saturated heterocycles. The summed E-state index contributed by atoms with van der Waals surface area (Å²) >= 11 is 0. The Kier molecular flexibility index (Phi) is 4.75. The fourth-order valence-electron chi connectivity index (χ4n) is 4.22. The standard InChI is InChI=1S/C23H23N.BrH/c1-15-12-16(2)23(17(3)13-15)19-9-7-11-22-20(19)14-18-8-5-6-10-21(18)24(22)4;/h5-13H,14H2,1-4H3;1H. The first-order valence-corrected chi connectivity index (χ1v) is 8.58. The molecule has 0 saturated carbocycles. The van der Waals surface area contributed by atoms with Crippen molar-refractivity contribution in [2.24, 2.45) is 0 Å². The summed E-state index contributed by atoms with van der Waals surface area (Å²) < 4.78 is 0. The summed E-state index contributed by atoms with van der Waals surface area (Å²) in [5, 5.41) is 0. The predicted molar refractivity (Wildman–Crippen MR) is 114 cm³/mol. The van der Waals surface area contributed by atoms with Crippen LogP contribution in [0.2, 0.25) is 0 Å². The molecular formula is C23H24BrN. The number of benzene rings is 3. The molecule has 25 heavy (non-hydrogen) atoms. The lowest BCUT2D eigenvalue weighted by Crippen LogP contribution is -2.19. The van der Waals surface area contributed by atoms with Gasteiger partial charge in [0.2, 0.25) is 0 Å². The van der Waals surface area contributed by atoms with Crippen molar-refractivity contribution in [1.29, 1.82) is 0 Å². The van der Waals surface area contributed by atoms with Crippen LogP contribution in [0, 0.1) is 20.8 Å². The molecule has 4 rings (SSSR count). The van der Waals surface area contributed by atoms with Gasteiger partial charge in [-0.05, 0) is 66.3 Å².